The molecule has 3 aromatic heterocycles. The van der Waals surface area contributed by atoms with E-state index in [4.69, 9.17) is 0 Å². The molecule has 0 saturated heterocycles. The summed E-state index contributed by atoms with van der Waals surface area (Å²) in [6.45, 7) is 0. The molecule has 0 spiro atoms. The molecule has 1 aliphatic rings. The molecule has 6 heteroatoms. The molecule has 22 heavy (non-hydrogen) atoms. The molecule has 0 aromatic carbocycles. The molecule has 3 heterocycles. The normalized spacial score (nSPS) is 14.4. The zero-order chi connectivity index (χ0) is 15.2. The average Bonchev–Trinajstić information content (AvgIpc) is 3.01. The van der Waals surface area contributed by atoms with Crippen molar-refractivity contribution in [2.75, 3.05) is 0 Å². The van der Waals surface area contributed by atoms with Crippen molar-refractivity contribution in [2.45, 2.75) is 38.5 Å². The van der Waals surface area contributed by atoms with Crippen LogP contribution in [-0.2, 0) is 0 Å². The molecule has 1 N–H and O–H groups in total. The fourth-order valence-corrected chi connectivity index (χ4v) is 2.59. The van der Waals surface area contributed by atoms with Gasteiger partial charge in [0.1, 0.15) is 6.33 Å². The lowest BCUT2D eigenvalue weighted by atomic mass is 10.0. The first kappa shape index (κ1) is 14.4. The Morgan fingerprint density at radius 3 is 2.18 bits per heavy atom. The van der Waals surface area contributed by atoms with Crippen LogP contribution in [0.25, 0.3) is 16.9 Å². The van der Waals surface area contributed by atoms with Gasteiger partial charge in [0, 0.05) is 24.0 Å². The summed E-state index contributed by atoms with van der Waals surface area (Å²) in [4.78, 5) is 23.3. The van der Waals surface area contributed by atoms with Gasteiger partial charge in [0.05, 0.1) is 11.9 Å². The van der Waals surface area contributed by atoms with E-state index in [1.54, 1.807) is 29.2 Å². The van der Waals surface area contributed by atoms with Crippen LogP contribution in [0.4, 0.5) is 0 Å². The smallest absolute Gasteiger partial charge is 0.263 e. The van der Waals surface area contributed by atoms with Gasteiger partial charge in [-0.1, -0.05) is 38.5 Å². The maximum absolute atomic E-state index is 11.2. The van der Waals surface area contributed by atoms with Crippen molar-refractivity contribution in [3.05, 3.63) is 47.4 Å². The number of imidazole rings is 1. The fourth-order valence-electron chi connectivity index (χ4n) is 2.59. The van der Waals surface area contributed by atoms with Crippen molar-refractivity contribution < 1.29 is 0 Å². The third kappa shape index (κ3) is 3.39. The predicted octanol–water partition coefficient (Wildman–Crippen LogP) is 2.82. The second kappa shape index (κ2) is 6.98. The number of hydrogen-bond donors (Lipinski definition) is 1. The van der Waals surface area contributed by atoms with E-state index in [2.05, 4.69) is 20.1 Å². The molecule has 3 aromatic rings. The Labute approximate surface area is 128 Å². The summed E-state index contributed by atoms with van der Waals surface area (Å²) in [6.07, 6.45) is 15.5. The lowest BCUT2D eigenvalue weighted by molar-refractivity contribution is 0.504. The van der Waals surface area contributed by atoms with Crippen molar-refractivity contribution in [2.24, 2.45) is 0 Å². The summed E-state index contributed by atoms with van der Waals surface area (Å²) in [5.41, 5.74) is 2.06. The number of hydrogen-bond acceptors (Lipinski definition) is 4. The van der Waals surface area contributed by atoms with Crippen molar-refractivity contribution in [3.63, 3.8) is 0 Å². The summed E-state index contributed by atoms with van der Waals surface area (Å²) in [5.74, 6) is 0. The van der Waals surface area contributed by atoms with Gasteiger partial charge in [-0.05, 0) is 6.07 Å². The molecule has 6 nitrogen and oxygen atoms in total. The van der Waals surface area contributed by atoms with Gasteiger partial charge in [-0.15, -0.1) is 0 Å². The van der Waals surface area contributed by atoms with Crippen LogP contribution in [-0.4, -0.2) is 24.6 Å². The highest BCUT2D eigenvalue weighted by Gasteiger charge is 2.06. The van der Waals surface area contributed by atoms with Crippen LogP contribution in [0.1, 0.15) is 38.5 Å². The summed E-state index contributed by atoms with van der Waals surface area (Å²) < 4.78 is 1.61. The van der Waals surface area contributed by atoms with E-state index in [0.29, 0.717) is 5.65 Å². The highest BCUT2D eigenvalue weighted by molar-refractivity contribution is 5.60. The second-order valence-electron chi connectivity index (χ2n) is 5.39. The monoisotopic (exact) mass is 297 g/mol. The van der Waals surface area contributed by atoms with Crippen molar-refractivity contribution in [1.29, 1.82) is 0 Å². The van der Waals surface area contributed by atoms with Crippen LogP contribution in [0, 0.1) is 0 Å². The lowest BCUT2D eigenvalue weighted by Crippen LogP contribution is -2.09. The average molecular weight is 297 g/mol. The summed E-state index contributed by atoms with van der Waals surface area (Å²) in [7, 11) is 0. The van der Waals surface area contributed by atoms with Gasteiger partial charge in [0.2, 0.25) is 0 Å². The minimum Gasteiger partial charge on any atom is -0.268 e. The third-order valence-corrected chi connectivity index (χ3v) is 3.75. The van der Waals surface area contributed by atoms with Crippen molar-refractivity contribution >= 4 is 5.65 Å². The largest absolute Gasteiger partial charge is 0.268 e. The Kier molecular flexibility index (Phi) is 4.58. The molecule has 4 rings (SSSR count). The van der Waals surface area contributed by atoms with Crippen LogP contribution >= 0.6 is 0 Å². The third-order valence-electron chi connectivity index (χ3n) is 3.75. The van der Waals surface area contributed by atoms with E-state index in [9.17, 15) is 4.79 Å². The van der Waals surface area contributed by atoms with E-state index in [0.717, 1.165) is 11.3 Å². The van der Waals surface area contributed by atoms with E-state index in [1.807, 2.05) is 0 Å². The van der Waals surface area contributed by atoms with E-state index >= 15 is 0 Å². The van der Waals surface area contributed by atoms with Crippen LogP contribution in [0.15, 0.2) is 41.8 Å². The number of nitrogens with one attached hydrogen (secondary N) is 1. The number of nitrogens with zero attached hydrogens (tertiary/aromatic N) is 4. The highest BCUT2D eigenvalue weighted by atomic mass is 16.1. The Bertz CT molecular complexity index is 762. The zero-order valence-electron chi connectivity index (χ0n) is 12.4. The molecule has 0 amide bonds. The van der Waals surface area contributed by atoms with Gasteiger partial charge in [0.25, 0.3) is 5.56 Å². The van der Waals surface area contributed by atoms with Crippen molar-refractivity contribution in [1.82, 2.24) is 24.6 Å². The van der Waals surface area contributed by atoms with Gasteiger partial charge < -0.3 is 0 Å². The number of aromatic amines is 1. The van der Waals surface area contributed by atoms with Crippen LogP contribution in [0.3, 0.4) is 0 Å². The zero-order valence-corrected chi connectivity index (χ0v) is 12.4. The maximum atomic E-state index is 11.2. The molecule has 1 saturated carbocycles. The summed E-state index contributed by atoms with van der Waals surface area (Å²) in [6, 6.07) is 3.10. The topological polar surface area (TPSA) is 75.9 Å². The molecule has 1 aliphatic carbocycles. The van der Waals surface area contributed by atoms with E-state index in [-0.39, 0.29) is 5.56 Å². The Hall–Kier alpha value is -2.50. The quantitative estimate of drug-likeness (QED) is 0.749. The molecule has 0 radical (unpaired) electrons. The predicted molar refractivity (Wildman–Crippen MR) is 84.5 cm³/mol. The van der Waals surface area contributed by atoms with Gasteiger partial charge in [-0.25, -0.2) is 19.5 Å². The first-order valence-corrected chi connectivity index (χ1v) is 7.67. The second-order valence-corrected chi connectivity index (χ2v) is 5.39. The summed E-state index contributed by atoms with van der Waals surface area (Å²) >= 11 is 0. The molecule has 1 fully saturated rings. The molecule has 114 valence electrons. The minimum absolute atomic E-state index is 0.177. The Morgan fingerprint density at radius 2 is 1.55 bits per heavy atom. The molecule has 0 atom stereocenters. The standard InChI is InChI=1S/C10H7N5O.C6H12/c16-10-2-1-9-13-5-8(15(9)14-10)7-3-11-6-12-4-7;1-2-4-6-5-3-1/h1-6H,(H,14,16);1-6H2. The summed E-state index contributed by atoms with van der Waals surface area (Å²) in [5, 5.41) is 2.68. The van der Waals surface area contributed by atoms with Crippen LogP contribution < -0.4 is 5.56 Å². The van der Waals surface area contributed by atoms with Gasteiger partial charge >= 0.3 is 0 Å². The Morgan fingerprint density at radius 1 is 0.909 bits per heavy atom. The van der Waals surface area contributed by atoms with Crippen LogP contribution in [0.2, 0.25) is 0 Å². The van der Waals surface area contributed by atoms with Gasteiger partial charge in [0.15, 0.2) is 5.65 Å². The van der Waals surface area contributed by atoms with Crippen molar-refractivity contribution in [3.8, 4) is 11.3 Å². The van der Waals surface area contributed by atoms with Crippen LogP contribution in [0.5, 0.6) is 0 Å². The number of H-pyrrole nitrogens is 1. The number of rotatable bonds is 1. The van der Waals surface area contributed by atoms with E-state index < -0.39 is 0 Å². The SMILES string of the molecule is C1CCCCC1.O=c1ccc2ncc(-c3cncnc3)n2[nH]1. The molecule has 0 unspecified atom stereocenters. The lowest BCUT2D eigenvalue weighted by Gasteiger charge is -2.05. The molecule has 0 bridgehead atoms. The molecular formula is C16H19N5O. The number of fused-ring (bicyclic) bond motifs is 1. The maximum Gasteiger partial charge on any atom is 0.263 e. The molecular weight excluding hydrogens is 278 g/mol. The first-order chi connectivity index (χ1) is 10.8. The van der Waals surface area contributed by atoms with Gasteiger partial charge in [-0.2, -0.15) is 0 Å². The van der Waals surface area contributed by atoms with Gasteiger partial charge in [-0.3, -0.25) is 9.89 Å². The first-order valence-electron chi connectivity index (χ1n) is 7.67. The fraction of sp³-hybridized carbons (Fsp3) is 0.375. The highest BCUT2D eigenvalue weighted by Crippen LogP contribution is 2.16. The molecule has 0 aliphatic heterocycles. The number of aromatic nitrogens is 5. The van der Waals surface area contributed by atoms with E-state index in [1.165, 1.54) is 50.9 Å². The Balaban J connectivity index is 0.000000202. The minimum atomic E-state index is -0.177.